The summed E-state index contributed by atoms with van der Waals surface area (Å²) in [5.74, 6) is 0. The molecule has 0 amide bonds. The highest BCUT2D eigenvalue weighted by Gasteiger charge is 2.50. The van der Waals surface area contributed by atoms with Crippen molar-refractivity contribution in [3.05, 3.63) is 86.5 Å². The summed E-state index contributed by atoms with van der Waals surface area (Å²) in [6, 6.07) is 9.71. The maximum absolute atomic E-state index is 2.48. The molecule has 0 N–H and O–H groups in total. The van der Waals surface area contributed by atoms with Gasteiger partial charge in [0, 0.05) is 55.1 Å². The van der Waals surface area contributed by atoms with Crippen LogP contribution in [0.4, 0.5) is 0 Å². The molecule has 8 bridgehead atoms. The fourth-order valence-electron chi connectivity index (χ4n) is 7.79. The topological polar surface area (TPSA) is 17.6 Å². The van der Waals surface area contributed by atoms with Gasteiger partial charge >= 0.3 is 0 Å². The molecule has 0 spiro atoms. The van der Waals surface area contributed by atoms with Gasteiger partial charge in [-0.3, -0.25) is 0 Å². The second-order valence-electron chi connectivity index (χ2n) is 13.0. The fraction of sp³-hybridized carbons (Fsp3) is 0.405. The van der Waals surface area contributed by atoms with Gasteiger partial charge in [0.2, 0.25) is 17.1 Å². The molecule has 3 aliphatic rings. The van der Waals surface area contributed by atoms with E-state index in [-0.39, 0.29) is 5.41 Å². The van der Waals surface area contributed by atoms with Crippen LogP contribution in [0.2, 0.25) is 0 Å². The largest absolute Gasteiger partial charge is 0.344 e. The van der Waals surface area contributed by atoms with Crippen molar-refractivity contribution in [3.63, 3.8) is 0 Å². The van der Waals surface area contributed by atoms with E-state index in [1.807, 2.05) is 0 Å². The average Bonchev–Trinajstić information content (AvgIpc) is 3.44. The molecule has 41 heavy (non-hydrogen) atoms. The van der Waals surface area contributed by atoms with Crippen molar-refractivity contribution in [1.82, 2.24) is 9.13 Å². The summed E-state index contributed by atoms with van der Waals surface area (Å²) < 4.78 is 9.65. The average molecular weight is 547 g/mol. The molecule has 1 atom stereocenters. The van der Waals surface area contributed by atoms with Crippen molar-refractivity contribution in [1.29, 1.82) is 0 Å². The minimum absolute atomic E-state index is 0.172. The molecule has 1 aliphatic carbocycles. The molecular weight excluding hydrogens is 500 g/mol. The molecule has 4 nitrogen and oxygen atoms in total. The number of aryl methyl sites for hydroxylation is 6. The lowest BCUT2D eigenvalue weighted by Gasteiger charge is -2.29. The van der Waals surface area contributed by atoms with Crippen molar-refractivity contribution >= 4 is 38.8 Å². The zero-order valence-electron chi connectivity index (χ0n) is 27.4. The predicted octanol–water partition coefficient (Wildman–Crippen LogP) is 7.46. The number of rotatable bonds is 0. The molecule has 0 fully saturated rings. The van der Waals surface area contributed by atoms with Crippen LogP contribution in [0.3, 0.4) is 0 Å². The first-order chi connectivity index (χ1) is 19.2. The Labute approximate surface area is 245 Å². The van der Waals surface area contributed by atoms with Gasteiger partial charge in [0.1, 0.15) is 19.5 Å². The summed E-state index contributed by atoms with van der Waals surface area (Å²) in [5, 5.41) is 0. The third-order valence-electron chi connectivity index (χ3n) is 11.3. The molecule has 212 valence electrons. The molecule has 4 heteroatoms. The Balaban J connectivity index is 1.93. The van der Waals surface area contributed by atoms with Gasteiger partial charge < -0.3 is 9.13 Å². The van der Waals surface area contributed by atoms with E-state index in [1.165, 1.54) is 95.0 Å². The Kier molecular flexibility index (Phi) is 5.98. The van der Waals surface area contributed by atoms with E-state index < -0.39 is 0 Å². The third-order valence-corrected chi connectivity index (χ3v) is 11.3. The van der Waals surface area contributed by atoms with E-state index >= 15 is 0 Å². The molecule has 2 aliphatic heterocycles. The van der Waals surface area contributed by atoms with Crippen LogP contribution in [0.1, 0.15) is 86.1 Å². The summed E-state index contributed by atoms with van der Waals surface area (Å²) in [6.45, 7) is 20.7. The molecule has 6 rings (SSSR count). The number of hydrogen-bond donors (Lipinski definition) is 0. The molecule has 3 aromatic rings. The highest BCUT2D eigenvalue weighted by atomic mass is 15.0. The maximum atomic E-state index is 2.48. The zero-order valence-corrected chi connectivity index (χ0v) is 27.4. The van der Waals surface area contributed by atoms with E-state index in [9.17, 15) is 0 Å². The summed E-state index contributed by atoms with van der Waals surface area (Å²) in [6.07, 6.45) is 3.49. The SMILES string of the molecule is CC1=C(C)C2(C)C(=CC1)c1cc3c(C)c(C)c(cc4[n+](C)c(cc5c(C)c(C)c(cc2[n+]1C)n5C)C(C)=C4C)n3C. The first-order valence-corrected chi connectivity index (χ1v) is 14.9. The van der Waals surface area contributed by atoms with Crippen LogP contribution in [0.5, 0.6) is 0 Å². The second-order valence-corrected chi connectivity index (χ2v) is 13.0. The summed E-state index contributed by atoms with van der Waals surface area (Å²) in [5.41, 5.74) is 22.5. The summed E-state index contributed by atoms with van der Waals surface area (Å²) in [4.78, 5) is 0. The van der Waals surface area contributed by atoms with Crippen LogP contribution in [0, 0.1) is 27.7 Å². The van der Waals surface area contributed by atoms with E-state index in [1.54, 1.807) is 0 Å². The molecule has 3 aromatic heterocycles. The monoisotopic (exact) mass is 546 g/mol. The predicted molar refractivity (Wildman–Crippen MR) is 172 cm³/mol. The number of fused-ring (bicyclic) bond motifs is 11. The molecule has 1 unspecified atom stereocenters. The van der Waals surface area contributed by atoms with Gasteiger partial charge in [-0.25, -0.2) is 0 Å². The van der Waals surface area contributed by atoms with Crippen LogP contribution >= 0.6 is 0 Å². The highest BCUT2D eigenvalue weighted by Crippen LogP contribution is 2.50. The first kappa shape index (κ1) is 27.5. The lowest BCUT2D eigenvalue weighted by Crippen LogP contribution is -2.36. The number of nitrogens with zero attached hydrogens (tertiary/aromatic N) is 4. The van der Waals surface area contributed by atoms with Crippen LogP contribution in [0.25, 0.3) is 38.8 Å². The Morgan fingerprint density at radius 1 is 0.610 bits per heavy atom. The van der Waals surface area contributed by atoms with Crippen molar-refractivity contribution in [2.24, 2.45) is 28.2 Å². The molecule has 5 heterocycles. The van der Waals surface area contributed by atoms with Crippen LogP contribution < -0.4 is 9.13 Å². The Morgan fingerprint density at radius 2 is 1.02 bits per heavy atom. The van der Waals surface area contributed by atoms with Gasteiger partial charge in [-0.05, 0) is 91.0 Å². The summed E-state index contributed by atoms with van der Waals surface area (Å²) >= 11 is 0. The lowest BCUT2D eigenvalue weighted by atomic mass is 9.69. The van der Waals surface area contributed by atoms with Crippen LogP contribution in [-0.4, -0.2) is 9.13 Å². The van der Waals surface area contributed by atoms with Crippen molar-refractivity contribution in [3.8, 4) is 0 Å². The Hall–Kier alpha value is -3.66. The number of hydrogen-bond acceptors (Lipinski definition) is 0. The highest BCUT2D eigenvalue weighted by molar-refractivity contribution is 5.90. The minimum atomic E-state index is -0.172. The lowest BCUT2D eigenvalue weighted by molar-refractivity contribution is -0.676. The standard InChI is InChI=1S/C37H46N4/c1-20-14-15-28-35-18-33-24(5)23(4)31(39(33)11)16-29-21(2)22(3)30(38(29)10)17-32-25(6)26(7)34(40(32)12)19-36(41(35)13)37(28,9)27(20)8/h15-19H,14H2,1-13H3/q+2. The second kappa shape index (κ2) is 8.92. The maximum Gasteiger partial charge on any atom is 0.211 e. The third kappa shape index (κ3) is 3.46. The first-order valence-electron chi connectivity index (χ1n) is 14.9. The normalized spacial score (nSPS) is 18.8. The van der Waals surface area contributed by atoms with Gasteiger partial charge in [0.05, 0.1) is 22.1 Å². The molecule has 0 saturated heterocycles. The fourth-order valence-corrected chi connectivity index (χ4v) is 7.79. The van der Waals surface area contributed by atoms with Gasteiger partial charge in [-0.15, -0.1) is 0 Å². The molecule has 0 saturated carbocycles. The summed E-state index contributed by atoms with van der Waals surface area (Å²) in [7, 11) is 8.94. The number of allylic oxidation sites excluding steroid dienone is 6. The van der Waals surface area contributed by atoms with E-state index in [0.717, 1.165) is 6.42 Å². The molecule has 0 aromatic carbocycles. The Morgan fingerprint density at radius 3 is 1.49 bits per heavy atom. The van der Waals surface area contributed by atoms with Gasteiger partial charge in [-0.2, -0.15) is 9.13 Å². The number of aromatic nitrogens is 4. The van der Waals surface area contributed by atoms with Crippen molar-refractivity contribution in [2.45, 2.75) is 74.1 Å². The van der Waals surface area contributed by atoms with Gasteiger partial charge in [0.25, 0.3) is 0 Å². The van der Waals surface area contributed by atoms with Crippen LogP contribution in [-0.2, 0) is 33.6 Å². The van der Waals surface area contributed by atoms with Crippen LogP contribution in [0.15, 0.2) is 41.5 Å². The Bertz CT molecular complexity index is 1980. The minimum Gasteiger partial charge on any atom is -0.344 e. The van der Waals surface area contributed by atoms with E-state index in [4.69, 9.17) is 0 Å². The van der Waals surface area contributed by atoms with Crippen molar-refractivity contribution < 1.29 is 9.13 Å². The molecule has 0 radical (unpaired) electrons. The van der Waals surface area contributed by atoms with Gasteiger partial charge in [-0.1, -0.05) is 17.2 Å². The molecular formula is C37H46N4+2. The van der Waals surface area contributed by atoms with E-state index in [2.05, 4.69) is 139 Å². The zero-order chi connectivity index (χ0) is 29.9. The van der Waals surface area contributed by atoms with Crippen molar-refractivity contribution in [2.75, 3.05) is 0 Å². The van der Waals surface area contributed by atoms with E-state index in [0.29, 0.717) is 0 Å². The quantitative estimate of drug-likeness (QED) is 0.206. The van der Waals surface area contributed by atoms with Gasteiger partial charge in [0.15, 0.2) is 5.69 Å². The smallest absolute Gasteiger partial charge is 0.211 e.